The highest BCUT2D eigenvalue weighted by Crippen LogP contribution is 2.02. The lowest BCUT2D eigenvalue weighted by molar-refractivity contribution is -0.149. The van der Waals surface area contributed by atoms with Crippen molar-refractivity contribution in [1.29, 1.82) is 0 Å². The third-order valence-corrected chi connectivity index (χ3v) is 1.15. The van der Waals surface area contributed by atoms with Gasteiger partial charge in [0.15, 0.2) is 0 Å². The molecule has 8 heavy (non-hydrogen) atoms. The van der Waals surface area contributed by atoms with Crippen LogP contribution in [-0.4, -0.2) is 30.8 Å². The number of hydrogen-bond donors (Lipinski definition) is 0. The molecule has 0 rings (SSSR count). The van der Waals surface area contributed by atoms with E-state index in [9.17, 15) is 0 Å². The molecule has 0 saturated carbocycles. The zero-order valence-electron chi connectivity index (χ0n) is 5.22. The summed E-state index contributed by atoms with van der Waals surface area (Å²) in [5.74, 6) is 0. The first-order valence-electron chi connectivity index (χ1n) is 2.16. The normalized spacial score (nSPS) is 11.2. The maximum atomic E-state index is 4.86. The molecular weight excluding hydrogens is 221 g/mol. The topological polar surface area (TPSA) is 21.7 Å². The minimum atomic E-state index is -0.226. The van der Waals surface area contributed by atoms with E-state index in [1.165, 1.54) is 0 Å². The van der Waals surface area contributed by atoms with Gasteiger partial charge in [-0.05, 0) is 0 Å². The van der Waals surface area contributed by atoms with Crippen LogP contribution in [0.5, 0.6) is 0 Å². The molecule has 0 aliphatic heterocycles. The van der Waals surface area contributed by atoms with Crippen LogP contribution >= 0.6 is 22.9 Å². The molecular formula is C4H10INO2. The Kier molecular flexibility index (Phi) is 4.83. The number of halogens is 1. The highest BCUT2D eigenvalue weighted by Gasteiger charge is 2.06. The Bertz CT molecular complexity index is 56.0. The summed E-state index contributed by atoms with van der Waals surface area (Å²) in [6, 6.07) is 0. The molecule has 0 spiro atoms. The molecule has 0 aliphatic carbocycles. The van der Waals surface area contributed by atoms with Crippen LogP contribution in [0.2, 0.25) is 0 Å². The summed E-state index contributed by atoms with van der Waals surface area (Å²) in [6.07, 6.45) is -0.226. The van der Waals surface area contributed by atoms with E-state index >= 15 is 0 Å². The van der Waals surface area contributed by atoms with Crippen molar-refractivity contribution in [2.45, 2.75) is 6.41 Å². The van der Waals surface area contributed by atoms with E-state index in [1.807, 2.05) is 7.05 Å². The monoisotopic (exact) mass is 231 g/mol. The summed E-state index contributed by atoms with van der Waals surface area (Å²) in [4.78, 5) is 0. The van der Waals surface area contributed by atoms with Gasteiger partial charge in [-0.2, -0.15) is 3.11 Å². The second-order valence-electron chi connectivity index (χ2n) is 1.30. The van der Waals surface area contributed by atoms with Crippen molar-refractivity contribution >= 4 is 22.9 Å². The molecule has 0 unspecified atom stereocenters. The minimum Gasteiger partial charge on any atom is -0.343 e. The fourth-order valence-corrected chi connectivity index (χ4v) is 0.842. The maximum Gasteiger partial charge on any atom is 0.226 e. The highest BCUT2D eigenvalue weighted by molar-refractivity contribution is 14.1. The SMILES string of the molecule is COC(OC)N(C)I. The summed E-state index contributed by atoms with van der Waals surface area (Å²) in [7, 11) is 5.07. The first-order chi connectivity index (χ1) is 3.72. The van der Waals surface area contributed by atoms with Gasteiger partial charge in [-0.15, -0.1) is 0 Å². The van der Waals surface area contributed by atoms with E-state index in [0.29, 0.717) is 0 Å². The molecule has 0 saturated heterocycles. The largest absolute Gasteiger partial charge is 0.343 e. The second kappa shape index (κ2) is 4.49. The fourth-order valence-electron chi connectivity index (χ4n) is 0.387. The summed E-state index contributed by atoms with van der Waals surface area (Å²) in [6.45, 7) is 0. The summed E-state index contributed by atoms with van der Waals surface area (Å²) in [5, 5.41) is 0. The molecule has 0 bridgehead atoms. The predicted molar refractivity (Wildman–Crippen MR) is 39.6 cm³/mol. The lowest BCUT2D eigenvalue weighted by Gasteiger charge is -2.17. The Morgan fingerprint density at radius 2 is 1.75 bits per heavy atom. The van der Waals surface area contributed by atoms with Gasteiger partial charge in [0.05, 0.1) is 0 Å². The number of hydrogen-bond acceptors (Lipinski definition) is 3. The first kappa shape index (κ1) is 8.61. The van der Waals surface area contributed by atoms with Crippen LogP contribution in [-0.2, 0) is 9.47 Å². The molecule has 0 aliphatic rings. The van der Waals surface area contributed by atoms with Crippen LogP contribution < -0.4 is 0 Å². The van der Waals surface area contributed by atoms with Gasteiger partial charge in [-0.1, -0.05) is 0 Å². The van der Waals surface area contributed by atoms with E-state index in [4.69, 9.17) is 9.47 Å². The van der Waals surface area contributed by atoms with Gasteiger partial charge in [0.2, 0.25) is 6.41 Å². The van der Waals surface area contributed by atoms with Gasteiger partial charge in [-0.25, -0.2) is 0 Å². The van der Waals surface area contributed by atoms with Crippen LogP contribution in [0, 0.1) is 0 Å². The zero-order chi connectivity index (χ0) is 6.57. The van der Waals surface area contributed by atoms with Gasteiger partial charge >= 0.3 is 0 Å². The van der Waals surface area contributed by atoms with Gasteiger partial charge in [-0.3, -0.25) is 0 Å². The Balaban J connectivity index is 3.35. The standard InChI is InChI=1S/C4H10INO2/c1-6(5)4(7-2)8-3/h4H,1-3H3. The second-order valence-corrected chi connectivity index (χ2v) is 2.83. The third-order valence-electron chi connectivity index (χ3n) is 0.694. The first-order valence-corrected chi connectivity index (χ1v) is 3.13. The molecule has 4 heteroatoms. The molecule has 0 aromatic heterocycles. The van der Waals surface area contributed by atoms with Crippen molar-refractivity contribution in [3.63, 3.8) is 0 Å². The van der Waals surface area contributed by atoms with Crippen LogP contribution in [0.4, 0.5) is 0 Å². The van der Waals surface area contributed by atoms with Crippen LogP contribution in [0.15, 0.2) is 0 Å². The highest BCUT2D eigenvalue weighted by atomic mass is 127. The molecule has 0 aromatic carbocycles. The molecule has 0 heterocycles. The Hall–Kier alpha value is 0.610. The molecule has 3 nitrogen and oxygen atoms in total. The molecule has 0 fully saturated rings. The average molecular weight is 231 g/mol. The number of ether oxygens (including phenoxy) is 2. The fraction of sp³-hybridized carbons (Fsp3) is 1.00. The van der Waals surface area contributed by atoms with E-state index in [2.05, 4.69) is 22.9 Å². The van der Waals surface area contributed by atoms with Crippen molar-refractivity contribution < 1.29 is 9.47 Å². The predicted octanol–water partition coefficient (Wildman–Crippen LogP) is 0.845. The lowest BCUT2D eigenvalue weighted by atomic mass is 11.0. The van der Waals surface area contributed by atoms with Crippen molar-refractivity contribution in [1.82, 2.24) is 3.11 Å². The van der Waals surface area contributed by atoms with E-state index in [0.717, 1.165) is 0 Å². The van der Waals surface area contributed by atoms with Gasteiger partial charge in [0.25, 0.3) is 0 Å². The summed E-state index contributed by atoms with van der Waals surface area (Å²) >= 11 is 2.09. The average Bonchev–Trinajstić information content (AvgIpc) is 1.69. The van der Waals surface area contributed by atoms with Gasteiger partial charge in [0, 0.05) is 44.1 Å². The van der Waals surface area contributed by atoms with Crippen LogP contribution in [0.3, 0.4) is 0 Å². The maximum absolute atomic E-state index is 4.86. The molecule has 0 aromatic rings. The van der Waals surface area contributed by atoms with Crippen LogP contribution in [0.25, 0.3) is 0 Å². The summed E-state index contributed by atoms with van der Waals surface area (Å²) in [5.41, 5.74) is 0. The van der Waals surface area contributed by atoms with Crippen molar-refractivity contribution in [2.24, 2.45) is 0 Å². The zero-order valence-corrected chi connectivity index (χ0v) is 7.38. The number of rotatable bonds is 3. The van der Waals surface area contributed by atoms with Crippen molar-refractivity contribution in [3.8, 4) is 0 Å². The molecule has 0 amide bonds. The van der Waals surface area contributed by atoms with E-state index < -0.39 is 0 Å². The van der Waals surface area contributed by atoms with E-state index in [-0.39, 0.29) is 6.41 Å². The molecule has 50 valence electrons. The van der Waals surface area contributed by atoms with Crippen molar-refractivity contribution in [3.05, 3.63) is 0 Å². The molecule has 0 radical (unpaired) electrons. The smallest absolute Gasteiger partial charge is 0.226 e. The lowest BCUT2D eigenvalue weighted by Crippen LogP contribution is -2.26. The Labute approximate surface area is 63.4 Å². The number of methoxy groups -OCH3 is 2. The minimum absolute atomic E-state index is 0.226. The van der Waals surface area contributed by atoms with Gasteiger partial charge in [0.1, 0.15) is 0 Å². The number of nitrogens with zero attached hydrogens (tertiary/aromatic N) is 1. The van der Waals surface area contributed by atoms with Crippen molar-refractivity contribution in [2.75, 3.05) is 21.3 Å². The quantitative estimate of drug-likeness (QED) is 0.408. The summed E-state index contributed by atoms with van der Waals surface area (Å²) < 4.78 is 11.5. The Morgan fingerprint density at radius 1 is 1.38 bits per heavy atom. The third kappa shape index (κ3) is 2.81. The van der Waals surface area contributed by atoms with E-state index in [1.54, 1.807) is 17.3 Å². The molecule has 0 N–H and O–H groups in total. The van der Waals surface area contributed by atoms with Gasteiger partial charge < -0.3 is 9.47 Å². The molecule has 0 atom stereocenters. The Morgan fingerprint density at radius 3 is 1.75 bits per heavy atom. The van der Waals surface area contributed by atoms with Crippen LogP contribution in [0.1, 0.15) is 0 Å².